The zero-order valence-electron chi connectivity index (χ0n) is 13.5. The summed E-state index contributed by atoms with van der Waals surface area (Å²) >= 11 is 0. The van der Waals surface area contributed by atoms with E-state index in [0.717, 1.165) is 25.1 Å². The monoisotopic (exact) mass is 307 g/mol. The van der Waals surface area contributed by atoms with E-state index in [0.29, 0.717) is 31.0 Å². The second-order valence-electron chi connectivity index (χ2n) is 6.34. The van der Waals surface area contributed by atoms with Gasteiger partial charge in [0.25, 0.3) is 0 Å². The topological polar surface area (TPSA) is 44.4 Å². The van der Waals surface area contributed by atoms with Gasteiger partial charge in [-0.3, -0.25) is 4.79 Å². The van der Waals surface area contributed by atoms with Gasteiger partial charge < -0.3 is 15.5 Å². The van der Waals surface area contributed by atoms with Crippen LogP contribution >= 0.6 is 0 Å². The van der Waals surface area contributed by atoms with Crippen molar-refractivity contribution in [3.8, 4) is 0 Å². The van der Waals surface area contributed by atoms with Crippen LogP contribution in [0.5, 0.6) is 0 Å². The number of halogens is 1. The van der Waals surface area contributed by atoms with Crippen LogP contribution in [0.2, 0.25) is 0 Å². The van der Waals surface area contributed by atoms with E-state index in [1.165, 1.54) is 12.5 Å². The molecule has 1 aliphatic heterocycles. The fourth-order valence-electron chi connectivity index (χ4n) is 2.78. The third-order valence-electron chi connectivity index (χ3n) is 4.03. The predicted molar refractivity (Wildman–Crippen MR) is 85.8 cm³/mol. The molecule has 4 nitrogen and oxygen atoms in total. The van der Waals surface area contributed by atoms with Crippen molar-refractivity contribution in [3.05, 3.63) is 35.1 Å². The Labute approximate surface area is 132 Å². The molecule has 22 heavy (non-hydrogen) atoms. The predicted octanol–water partition coefficient (Wildman–Crippen LogP) is 1.89. The summed E-state index contributed by atoms with van der Waals surface area (Å²) in [6.45, 7) is 3.11. The van der Waals surface area contributed by atoms with E-state index in [1.807, 2.05) is 25.1 Å². The molecule has 2 rings (SSSR count). The van der Waals surface area contributed by atoms with E-state index in [1.54, 1.807) is 6.07 Å². The van der Waals surface area contributed by atoms with Crippen LogP contribution in [0.1, 0.15) is 30.4 Å². The third-order valence-corrected chi connectivity index (χ3v) is 4.03. The summed E-state index contributed by atoms with van der Waals surface area (Å²) in [7, 11) is 3.82. The molecule has 0 aromatic heterocycles. The summed E-state index contributed by atoms with van der Waals surface area (Å²) in [6, 6.07) is 5.04. The summed E-state index contributed by atoms with van der Waals surface area (Å²) in [6.07, 6.45) is 2.67. The number of amides is 1. The first-order chi connectivity index (χ1) is 10.5. The highest BCUT2D eigenvalue weighted by molar-refractivity contribution is 5.75. The van der Waals surface area contributed by atoms with E-state index in [4.69, 9.17) is 0 Å². The number of hydrogen-bond acceptors (Lipinski definition) is 3. The second kappa shape index (κ2) is 8.25. The molecule has 0 bridgehead atoms. The molecule has 5 heteroatoms. The summed E-state index contributed by atoms with van der Waals surface area (Å²) in [5, 5.41) is 6.24. The van der Waals surface area contributed by atoms with Crippen LogP contribution in [0.25, 0.3) is 0 Å². The molecule has 1 aromatic rings. The van der Waals surface area contributed by atoms with Crippen LogP contribution in [0.3, 0.4) is 0 Å². The van der Waals surface area contributed by atoms with Gasteiger partial charge in [-0.15, -0.1) is 0 Å². The molecule has 2 N–H and O–H groups in total. The van der Waals surface area contributed by atoms with Crippen molar-refractivity contribution in [2.24, 2.45) is 5.92 Å². The Kier molecular flexibility index (Phi) is 6.34. The third kappa shape index (κ3) is 5.39. The Morgan fingerprint density at radius 1 is 1.45 bits per heavy atom. The molecular weight excluding hydrogens is 281 g/mol. The smallest absolute Gasteiger partial charge is 0.220 e. The highest BCUT2D eigenvalue weighted by Gasteiger charge is 2.15. The first kappa shape index (κ1) is 16.9. The minimum atomic E-state index is -0.197. The number of benzene rings is 1. The number of rotatable bonds is 7. The molecule has 0 spiro atoms. The van der Waals surface area contributed by atoms with Crippen LogP contribution in [-0.2, 0) is 17.9 Å². The van der Waals surface area contributed by atoms with E-state index >= 15 is 0 Å². The van der Waals surface area contributed by atoms with Crippen LogP contribution in [-0.4, -0.2) is 38.0 Å². The zero-order chi connectivity index (χ0) is 15.9. The van der Waals surface area contributed by atoms with Gasteiger partial charge in [0.1, 0.15) is 5.82 Å². The number of carbonyl (C=O) groups excluding carboxylic acids is 1. The van der Waals surface area contributed by atoms with Crippen molar-refractivity contribution in [1.82, 2.24) is 15.5 Å². The highest BCUT2D eigenvalue weighted by atomic mass is 19.1. The molecule has 0 aliphatic carbocycles. The minimum absolute atomic E-state index is 0.0744. The largest absolute Gasteiger partial charge is 0.352 e. The summed E-state index contributed by atoms with van der Waals surface area (Å²) in [4.78, 5) is 13.8. The molecule has 1 atom stereocenters. The van der Waals surface area contributed by atoms with Gasteiger partial charge >= 0.3 is 0 Å². The Balaban J connectivity index is 1.78. The summed E-state index contributed by atoms with van der Waals surface area (Å²) in [5.74, 6) is 0.506. The van der Waals surface area contributed by atoms with Crippen molar-refractivity contribution in [1.29, 1.82) is 0 Å². The van der Waals surface area contributed by atoms with Gasteiger partial charge in [-0.25, -0.2) is 4.39 Å². The van der Waals surface area contributed by atoms with E-state index in [-0.39, 0.29) is 11.7 Å². The first-order valence-electron chi connectivity index (χ1n) is 7.94. The Hall–Kier alpha value is -1.46. The minimum Gasteiger partial charge on any atom is -0.352 e. The van der Waals surface area contributed by atoms with Crippen molar-refractivity contribution < 1.29 is 9.18 Å². The Bertz CT molecular complexity index is 499. The normalized spacial score (nSPS) is 17.9. The lowest BCUT2D eigenvalue weighted by Crippen LogP contribution is -2.23. The molecule has 1 heterocycles. The lowest BCUT2D eigenvalue weighted by molar-refractivity contribution is -0.121. The van der Waals surface area contributed by atoms with E-state index in [9.17, 15) is 9.18 Å². The van der Waals surface area contributed by atoms with Crippen molar-refractivity contribution >= 4 is 5.91 Å². The van der Waals surface area contributed by atoms with Gasteiger partial charge in [-0.05, 0) is 63.6 Å². The maximum absolute atomic E-state index is 13.7. The van der Waals surface area contributed by atoms with Crippen LogP contribution in [0.4, 0.5) is 4.39 Å². The second-order valence-corrected chi connectivity index (χ2v) is 6.34. The molecular formula is C17H26FN3O. The average molecular weight is 307 g/mol. The van der Waals surface area contributed by atoms with Crippen LogP contribution < -0.4 is 10.6 Å². The molecule has 1 unspecified atom stereocenters. The van der Waals surface area contributed by atoms with Gasteiger partial charge in [0.2, 0.25) is 5.91 Å². The first-order valence-corrected chi connectivity index (χ1v) is 7.94. The molecule has 1 amide bonds. The standard InChI is InChI=1S/C17H26FN3O/c1-21(2)12-15-9-14(3-5-16(15)18)11-20-17(22)6-4-13-7-8-19-10-13/h3,5,9,13,19H,4,6-8,10-12H2,1-2H3,(H,20,22). The summed E-state index contributed by atoms with van der Waals surface area (Å²) in [5.41, 5.74) is 1.60. The quantitative estimate of drug-likeness (QED) is 0.808. The molecule has 122 valence electrons. The molecule has 0 radical (unpaired) electrons. The lowest BCUT2D eigenvalue weighted by atomic mass is 10.0. The van der Waals surface area contributed by atoms with Crippen molar-refractivity contribution in [2.45, 2.75) is 32.4 Å². The van der Waals surface area contributed by atoms with Gasteiger partial charge in [0.05, 0.1) is 0 Å². The van der Waals surface area contributed by atoms with Crippen LogP contribution in [0.15, 0.2) is 18.2 Å². The fourth-order valence-corrected chi connectivity index (χ4v) is 2.78. The number of hydrogen-bond donors (Lipinski definition) is 2. The van der Waals surface area contributed by atoms with Gasteiger partial charge in [-0.1, -0.05) is 6.07 Å². The number of carbonyl (C=O) groups is 1. The number of nitrogens with zero attached hydrogens (tertiary/aromatic N) is 1. The SMILES string of the molecule is CN(C)Cc1cc(CNC(=O)CCC2CCNC2)ccc1F. The maximum atomic E-state index is 13.7. The van der Waals surface area contributed by atoms with Crippen molar-refractivity contribution in [3.63, 3.8) is 0 Å². The van der Waals surface area contributed by atoms with Crippen LogP contribution in [0, 0.1) is 11.7 Å². The van der Waals surface area contributed by atoms with E-state index in [2.05, 4.69) is 10.6 Å². The molecule has 1 fully saturated rings. The van der Waals surface area contributed by atoms with Crippen molar-refractivity contribution in [2.75, 3.05) is 27.2 Å². The van der Waals surface area contributed by atoms with Gasteiger partial charge in [-0.2, -0.15) is 0 Å². The van der Waals surface area contributed by atoms with Gasteiger partial charge in [0, 0.05) is 25.1 Å². The Morgan fingerprint density at radius 2 is 2.27 bits per heavy atom. The van der Waals surface area contributed by atoms with Gasteiger partial charge in [0.15, 0.2) is 0 Å². The van der Waals surface area contributed by atoms with E-state index < -0.39 is 0 Å². The maximum Gasteiger partial charge on any atom is 0.220 e. The molecule has 0 saturated carbocycles. The molecule has 1 aromatic carbocycles. The molecule has 1 aliphatic rings. The Morgan fingerprint density at radius 3 is 2.95 bits per heavy atom. The number of nitrogens with one attached hydrogen (secondary N) is 2. The zero-order valence-corrected chi connectivity index (χ0v) is 13.5. The average Bonchev–Trinajstić information content (AvgIpc) is 2.98. The highest BCUT2D eigenvalue weighted by Crippen LogP contribution is 2.15. The summed E-state index contributed by atoms with van der Waals surface area (Å²) < 4.78 is 13.7. The lowest BCUT2D eigenvalue weighted by Gasteiger charge is -2.13. The molecule has 1 saturated heterocycles. The fraction of sp³-hybridized carbons (Fsp3) is 0.588.